The molecule has 0 unspecified atom stereocenters. The summed E-state index contributed by atoms with van der Waals surface area (Å²) in [4.78, 5) is 4.72. The van der Waals surface area contributed by atoms with E-state index in [0.29, 0.717) is 0 Å². The van der Waals surface area contributed by atoms with Gasteiger partial charge in [0, 0.05) is 0 Å². The minimum atomic E-state index is 0.785. The monoisotopic (exact) mass is 155 g/mol. The minimum Gasteiger partial charge on any atom is -0.412 e. The van der Waals surface area contributed by atoms with Crippen LogP contribution in [0.25, 0.3) is 0 Å². The summed E-state index contributed by atoms with van der Waals surface area (Å²) in [5.74, 6) is 5.88. The van der Waals surface area contributed by atoms with Crippen LogP contribution in [0.5, 0.6) is 0 Å². The van der Waals surface area contributed by atoms with Crippen LogP contribution in [0.15, 0.2) is 23.0 Å². The zero-order valence-corrected chi connectivity index (χ0v) is 7.77. The molecule has 0 aromatic heterocycles. The van der Waals surface area contributed by atoms with E-state index in [-0.39, 0.29) is 0 Å². The number of allylic oxidation sites excluding steroid dienone is 3. The van der Waals surface area contributed by atoms with Crippen molar-refractivity contribution >= 4 is 0 Å². The van der Waals surface area contributed by atoms with E-state index in [4.69, 9.17) is 10.7 Å². The Morgan fingerprint density at radius 3 is 2.18 bits per heavy atom. The zero-order valence-electron chi connectivity index (χ0n) is 7.77. The average molecular weight is 155 g/mol. The highest BCUT2D eigenvalue weighted by molar-refractivity contribution is 5.21. The Labute approximate surface area is 68.7 Å². The highest BCUT2D eigenvalue weighted by Crippen LogP contribution is 2.10. The van der Waals surface area contributed by atoms with Crippen LogP contribution in [0.3, 0.4) is 0 Å². The Balaban J connectivity index is 4.52. The topological polar surface area (TPSA) is 35.2 Å². The third-order valence-corrected chi connectivity index (χ3v) is 1.50. The molecular weight excluding hydrogens is 138 g/mol. The third kappa shape index (κ3) is 3.83. The van der Waals surface area contributed by atoms with Gasteiger partial charge in [-0.05, 0) is 38.8 Å². The molecule has 2 N–H and O–H groups in total. The molecule has 2 heteroatoms. The molecule has 0 aliphatic rings. The van der Waals surface area contributed by atoms with Crippen molar-refractivity contribution in [2.75, 3.05) is 0 Å². The second kappa shape index (κ2) is 4.97. The van der Waals surface area contributed by atoms with Gasteiger partial charge in [0.25, 0.3) is 0 Å². The fourth-order valence-corrected chi connectivity index (χ4v) is 0.694. The summed E-state index contributed by atoms with van der Waals surface area (Å²) in [6.07, 6.45) is 2.91. The van der Waals surface area contributed by atoms with Gasteiger partial charge in [0.1, 0.15) is 5.76 Å². The molecule has 0 radical (unpaired) electrons. The molecule has 0 saturated carbocycles. The first-order valence-corrected chi connectivity index (χ1v) is 3.83. The summed E-state index contributed by atoms with van der Waals surface area (Å²) in [5.41, 5.74) is 2.37. The van der Waals surface area contributed by atoms with Gasteiger partial charge in [0.2, 0.25) is 0 Å². The lowest BCUT2D eigenvalue weighted by molar-refractivity contribution is 0.229. The zero-order chi connectivity index (χ0) is 8.85. The maximum Gasteiger partial charge on any atom is 0.145 e. The molecule has 0 atom stereocenters. The summed E-state index contributed by atoms with van der Waals surface area (Å²) < 4.78 is 0. The Kier molecular flexibility index (Phi) is 4.62. The maximum absolute atomic E-state index is 5.10. The lowest BCUT2D eigenvalue weighted by Gasteiger charge is -2.04. The normalized spacial score (nSPS) is 12.1. The van der Waals surface area contributed by atoms with Crippen LogP contribution in [0.1, 0.15) is 34.1 Å². The third-order valence-electron chi connectivity index (χ3n) is 1.50. The van der Waals surface area contributed by atoms with Crippen LogP contribution in [-0.4, -0.2) is 0 Å². The largest absolute Gasteiger partial charge is 0.412 e. The van der Waals surface area contributed by atoms with Crippen LogP contribution >= 0.6 is 0 Å². The Morgan fingerprint density at radius 2 is 1.91 bits per heavy atom. The molecule has 0 heterocycles. The van der Waals surface area contributed by atoms with Gasteiger partial charge in [-0.15, -0.1) is 0 Å². The van der Waals surface area contributed by atoms with E-state index in [2.05, 4.69) is 6.92 Å². The van der Waals surface area contributed by atoms with Gasteiger partial charge in [0.15, 0.2) is 0 Å². The maximum atomic E-state index is 5.10. The second-order valence-corrected chi connectivity index (χ2v) is 2.84. The van der Waals surface area contributed by atoms with Gasteiger partial charge in [-0.25, -0.2) is 0 Å². The van der Waals surface area contributed by atoms with Gasteiger partial charge < -0.3 is 4.84 Å². The van der Waals surface area contributed by atoms with Crippen molar-refractivity contribution in [1.82, 2.24) is 0 Å². The average Bonchev–Trinajstić information content (AvgIpc) is 1.98. The molecule has 0 amide bonds. The van der Waals surface area contributed by atoms with Crippen molar-refractivity contribution < 1.29 is 4.84 Å². The molecule has 0 rings (SSSR count). The van der Waals surface area contributed by atoms with E-state index in [1.54, 1.807) is 0 Å². The molecule has 11 heavy (non-hydrogen) atoms. The van der Waals surface area contributed by atoms with E-state index in [1.165, 1.54) is 11.1 Å². The van der Waals surface area contributed by atoms with Crippen LogP contribution in [0.2, 0.25) is 0 Å². The van der Waals surface area contributed by atoms with Gasteiger partial charge in [-0.1, -0.05) is 12.5 Å². The molecule has 0 fully saturated rings. The molecule has 0 aromatic carbocycles. The molecule has 64 valence electrons. The molecule has 0 spiro atoms. The van der Waals surface area contributed by atoms with Crippen molar-refractivity contribution in [3.8, 4) is 0 Å². The van der Waals surface area contributed by atoms with Crippen molar-refractivity contribution in [2.45, 2.75) is 34.1 Å². The van der Waals surface area contributed by atoms with E-state index in [1.807, 2.05) is 26.8 Å². The summed E-state index contributed by atoms with van der Waals surface area (Å²) in [7, 11) is 0. The molecule has 0 bridgehead atoms. The summed E-state index contributed by atoms with van der Waals surface area (Å²) in [6, 6.07) is 0. The van der Waals surface area contributed by atoms with Gasteiger partial charge in [-0.2, -0.15) is 5.90 Å². The van der Waals surface area contributed by atoms with Crippen molar-refractivity contribution in [3.05, 3.63) is 23.0 Å². The SMILES string of the molecule is CC/C(C)=C(\C=C(C)C)ON. The van der Waals surface area contributed by atoms with Crippen LogP contribution in [-0.2, 0) is 4.84 Å². The van der Waals surface area contributed by atoms with Crippen LogP contribution in [0, 0.1) is 0 Å². The number of hydrogen-bond acceptors (Lipinski definition) is 2. The van der Waals surface area contributed by atoms with E-state index in [9.17, 15) is 0 Å². The Morgan fingerprint density at radius 1 is 1.36 bits per heavy atom. The molecule has 0 aliphatic carbocycles. The number of nitrogens with two attached hydrogens (primary N) is 1. The van der Waals surface area contributed by atoms with Crippen molar-refractivity contribution in [3.63, 3.8) is 0 Å². The van der Waals surface area contributed by atoms with Crippen LogP contribution in [0.4, 0.5) is 0 Å². The minimum absolute atomic E-state index is 0.785. The lowest BCUT2D eigenvalue weighted by atomic mass is 10.1. The highest BCUT2D eigenvalue weighted by atomic mass is 16.6. The van der Waals surface area contributed by atoms with Gasteiger partial charge >= 0.3 is 0 Å². The molecular formula is C9H17NO. The van der Waals surface area contributed by atoms with Crippen molar-refractivity contribution in [2.24, 2.45) is 5.90 Å². The molecule has 0 aliphatic heterocycles. The standard InChI is InChI=1S/C9H17NO/c1-5-8(4)9(11-10)6-7(2)3/h6H,5,10H2,1-4H3/b9-8+. The quantitative estimate of drug-likeness (QED) is 0.386. The Bertz CT molecular complexity index is 176. The highest BCUT2D eigenvalue weighted by Gasteiger charge is 1.96. The first-order valence-electron chi connectivity index (χ1n) is 3.83. The second-order valence-electron chi connectivity index (χ2n) is 2.84. The molecule has 0 aromatic rings. The smallest absolute Gasteiger partial charge is 0.145 e. The van der Waals surface area contributed by atoms with Gasteiger partial charge in [0.05, 0.1) is 0 Å². The first kappa shape index (κ1) is 10.2. The number of rotatable bonds is 3. The summed E-state index contributed by atoms with van der Waals surface area (Å²) >= 11 is 0. The molecule has 2 nitrogen and oxygen atoms in total. The van der Waals surface area contributed by atoms with E-state index >= 15 is 0 Å². The fraction of sp³-hybridized carbons (Fsp3) is 0.556. The van der Waals surface area contributed by atoms with Crippen molar-refractivity contribution in [1.29, 1.82) is 0 Å². The summed E-state index contributed by atoms with van der Waals surface area (Å²) in [5, 5.41) is 0. The predicted octanol–water partition coefficient (Wildman–Crippen LogP) is 2.53. The first-order chi connectivity index (χ1) is 5.11. The fourth-order valence-electron chi connectivity index (χ4n) is 0.694. The summed E-state index contributed by atoms with van der Waals surface area (Å²) in [6.45, 7) is 8.12. The van der Waals surface area contributed by atoms with E-state index in [0.717, 1.165) is 12.2 Å². The number of hydrogen-bond donors (Lipinski definition) is 1. The van der Waals surface area contributed by atoms with E-state index < -0.39 is 0 Å². The lowest BCUT2D eigenvalue weighted by Crippen LogP contribution is -1.99. The molecule has 0 saturated heterocycles. The Hall–Kier alpha value is -0.760. The van der Waals surface area contributed by atoms with Gasteiger partial charge in [-0.3, -0.25) is 0 Å². The predicted molar refractivity (Wildman–Crippen MR) is 47.7 cm³/mol. The van der Waals surface area contributed by atoms with Crippen LogP contribution < -0.4 is 5.90 Å².